The Hall–Kier alpha value is -1.40. The van der Waals surface area contributed by atoms with Gasteiger partial charge in [-0.3, -0.25) is 0 Å². The van der Waals surface area contributed by atoms with Crippen LogP contribution in [0.2, 0.25) is 0 Å². The summed E-state index contributed by atoms with van der Waals surface area (Å²) in [5.41, 5.74) is 0.136. The van der Waals surface area contributed by atoms with Crippen LogP contribution in [0, 0.1) is 0 Å². The van der Waals surface area contributed by atoms with Crippen molar-refractivity contribution in [2.45, 2.75) is 0 Å². The van der Waals surface area contributed by atoms with Crippen LogP contribution in [0.1, 0.15) is 10.4 Å². The first-order chi connectivity index (χ1) is 5.99. The Balaban J connectivity index is 2.82. The van der Waals surface area contributed by atoms with Gasteiger partial charge in [0.1, 0.15) is 0 Å². The lowest BCUT2D eigenvalue weighted by molar-refractivity contribution is 0.0747. The molecule has 0 spiro atoms. The summed E-state index contributed by atoms with van der Waals surface area (Å²) >= 11 is 0. The van der Waals surface area contributed by atoms with E-state index < -0.39 is 16.3 Å². The summed E-state index contributed by atoms with van der Waals surface area (Å²) in [6.07, 6.45) is 0. The fourth-order valence-corrected chi connectivity index (χ4v) is 1.04. The maximum absolute atomic E-state index is 11.0. The summed E-state index contributed by atoms with van der Waals surface area (Å²) < 4.78 is 24.6. The minimum absolute atomic E-state index is 0.136. The average Bonchev–Trinajstić information content (AvgIpc) is 2.03. The summed E-state index contributed by atoms with van der Waals surface area (Å²) in [4.78, 5) is 11.0. The standard InChI is InChI=1S/C7H7NO4S/c8-13(10,11)12-7(9)6-4-2-1-3-5-6/h1-5H,(H2,8,10,11). The molecule has 6 heteroatoms. The van der Waals surface area contributed by atoms with Crippen LogP contribution >= 0.6 is 0 Å². The van der Waals surface area contributed by atoms with Crippen molar-refractivity contribution in [1.29, 1.82) is 0 Å². The molecule has 0 aromatic heterocycles. The topological polar surface area (TPSA) is 86.5 Å². The van der Waals surface area contributed by atoms with Crippen molar-refractivity contribution >= 4 is 16.3 Å². The molecule has 0 bridgehead atoms. The first kappa shape index (κ1) is 9.69. The lowest BCUT2D eigenvalue weighted by Crippen LogP contribution is -2.20. The Morgan fingerprint density at radius 3 is 2.23 bits per heavy atom. The lowest BCUT2D eigenvalue weighted by Gasteiger charge is -1.99. The molecule has 0 heterocycles. The van der Waals surface area contributed by atoms with E-state index in [0.29, 0.717) is 0 Å². The van der Waals surface area contributed by atoms with E-state index in [0.717, 1.165) is 0 Å². The number of benzene rings is 1. The van der Waals surface area contributed by atoms with Gasteiger partial charge in [-0.1, -0.05) is 18.2 Å². The Morgan fingerprint density at radius 2 is 1.77 bits per heavy atom. The normalized spacial score (nSPS) is 10.8. The molecule has 1 aromatic carbocycles. The summed E-state index contributed by atoms with van der Waals surface area (Å²) in [6.45, 7) is 0. The van der Waals surface area contributed by atoms with Gasteiger partial charge in [-0.25, -0.2) is 4.79 Å². The van der Waals surface area contributed by atoms with Gasteiger partial charge in [0, 0.05) is 0 Å². The van der Waals surface area contributed by atoms with Gasteiger partial charge in [0.15, 0.2) is 0 Å². The zero-order valence-corrected chi connectivity index (χ0v) is 7.32. The molecule has 0 saturated heterocycles. The molecule has 0 radical (unpaired) electrons. The molecule has 0 unspecified atom stereocenters. The summed E-state index contributed by atoms with van der Waals surface area (Å²) in [6, 6.07) is 7.70. The SMILES string of the molecule is NS(=O)(=O)OC(=O)c1ccccc1. The van der Waals surface area contributed by atoms with Gasteiger partial charge in [-0.05, 0) is 12.1 Å². The zero-order chi connectivity index (χ0) is 9.90. The first-order valence-corrected chi connectivity index (χ1v) is 4.78. The second kappa shape index (κ2) is 3.55. The number of carbonyl (C=O) groups excluding carboxylic acids is 1. The molecular formula is C7H7NO4S. The van der Waals surface area contributed by atoms with Gasteiger partial charge in [-0.15, -0.1) is 0 Å². The van der Waals surface area contributed by atoms with Crippen molar-refractivity contribution in [3.8, 4) is 0 Å². The first-order valence-electron chi connectivity index (χ1n) is 3.30. The Bertz CT molecular complexity index is 398. The number of carbonyl (C=O) groups is 1. The fraction of sp³-hybridized carbons (Fsp3) is 0. The third-order valence-electron chi connectivity index (χ3n) is 1.20. The quantitative estimate of drug-likeness (QED) is 0.732. The lowest BCUT2D eigenvalue weighted by atomic mass is 10.2. The van der Waals surface area contributed by atoms with Gasteiger partial charge < -0.3 is 4.18 Å². The average molecular weight is 201 g/mol. The fourth-order valence-electron chi connectivity index (χ4n) is 0.728. The van der Waals surface area contributed by atoms with Crippen LogP contribution in [-0.2, 0) is 14.5 Å². The smallest absolute Gasteiger partial charge is 0.330 e. The van der Waals surface area contributed by atoms with E-state index in [-0.39, 0.29) is 5.56 Å². The van der Waals surface area contributed by atoms with E-state index in [2.05, 4.69) is 9.32 Å². The second-order valence-electron chi connectivity index (χ2n) is 2.23. The number of rotatable bonds is 2. The molecule has 70 valence electrons. The Kier molecular flexibility index (Phi) is 2.64. The highest BCUT2D eigenvalue weighted by Gasteiger charge is 2.12. The van der Waals surface area contributed by atoms with E-state index >= 15 is 0 Å². The number of hydrogen-bond acceptors (Lipinski definition) is 4. The van der Waals surface area contributed by atoms with E-state index in [1.165, 1.54) is 12.1 Å². The molecule has 5 nitrogen and oxygen atoms in total. The molecule has 1 rings (SSSR count). The van der Waals surface area contributed by atoms with Crippen LogP contribution in [0.5, 0.6) is 0 Å². The van der Waals surface area contributed by atoms with Crippen molar-refractivity contribution < 1.29 is 17.4 Å². The molecule has 0 aliphatic carbocycles. The molecular weight excluding hydrogens is 194 g/mol. The van der Waals surface area contributed by atoms with Crippen LogP contribution in [0.15, 0.2) is 30.3 Å². The van der Waals surface area contributed by atoms with E-state index in [1.54, 1.807) is 18.2 Å². The third kappa shape index (κ3) is 3.22. The van der Waals surface area contributed by atoms with Crippen LogP contribution in [0.25, 0.3) is 0 Å². The monoisotopic (exact) mass is 201 g/mol. The predicted octanol–water partition coefficient (Wildman–Crippen LogP) is 0.0469. The van der Waals surface area contributed by atoms with Crippen LogP contribution in [-0.4, -0.2) is 14.4 Å². The zero-order valence-electron chi connectivity index (χ0n) is 6.51. The van der Waals surface area contributed by atoms with Gasteiger partial charge in [0.05, 0.1) is 5.56 Å². The van der Waals surface area contributed by atoms with Gasteiger partial charge >= 0.3 is 16.3 Å². The molecule has 0 amide bonds. The highest BCUT2D eigenvalue weighted by atomic mass is 32.2. The highest BCUT2D eigenvalue weighted by molar-refractivity contribution is 7.84. The Morgan fingerprint density at radius 1 is 1.23 bits per heavy atom. The van der Waals surface area contributed by atoms with E-state index in [1.807, 2.05) is 0 Å². The molecule has 0 saturated carbocycles. The van der Waals surface area contributed by atoms with Gasteiger partial charge in [0.25, 0.3) is 0 Å². The second-order valence-corrected chi connectivity index (χ2v) is 3.38. The van der Waals surface area contributed by atoms with Crippen molar-refractivity contribution in [1.82, 2.24) is 0 Å². The molecule has 0 atom stereocenters. The van der Waals surface area contributed by atoms with E-state index in [9.17, 15) is 13.2 Å². The van der Waals surface area contributed by atoms with Crippen molar-refractivity contribution in [2.24, 2.45) is 5.14 Å². The molecule has 1 aromatic rings. The molecule has 0 aliphatic rings. The van der Waals surface area contributed by atoms with Crippen molar-refractivity contribution in [2.75, 3.05) is 0 Å². The minimum atomic E-state index is -4.22. The van der Waals surface area contributed by atoms with Crippen LogP contribution in [0.4, 0.5) is 0 Å². The van der Waals surface area contributed by atoms with E-state index in [4.69, 9.17) is 0 Å². The van der Waals surface area contributed by atoms with Crippen molar-refractivity contribution in [3.63, 3.8) is 0 Å². The molecule has 13 heavy (non-hydrogen) atoms. The Labute approximate surface area is 75.4 Å². The molecule has 0 aliphatic heterocycles. The van der Waals surface area contributed by atoms with Gasteiger partial charge in [0.2, 0.25) is 0 Å². The maximum Gasteiger partial charge on any atom is 0.382 e. The molecule has 2 N–H and O–H groups in total. The molecule has 0 fully saturated rings. The minimum Gasteiger partial charge on any atom is -0.330 e. The predicted molar refractivity (Wildman–Crippen MR) is 45.0 cm³/mol. The number of hydrogen-bond donors (Lipinski definition) is 1. The highest BCUT2D eigenvalue weighted by Crippen LogP contribution is 2.01. The summed E-state index contributed by atoms with van der Waals surface area (Å²) in [7, 11) is -4.22. The van der Waals surface area contributed by atoms with Crippen LogP contribution < -0.4 is 5.14 Å². The third-order valence-corrected chi connectivity index (χ3v) is 1.59. The van der Waals surface area contributed by atoms with Crippen LogP contribution in [0.3, 0.4) is 0 Å². The summed E-state index contributed by atoms with van der Waals surface area (Å²) in [5.74, 6) is -0.983. The largest absolute Gasteiger partial charge is 0.382 e. The maximum atomic E-state index is 11.0. The van der Waals surface area contributed by atoms with Crippen molar-refractivity contribution in [3.05, 3.63) is 35.9 Å². The van der Waals surface area contributed by atoms with Gasteiger partial charge in [-0.2, -0.15) is 13.6 Å². The summed E-state index contributed by atoms with van der Waals surface area (Å²) in [5, 5.41) is 4.50. The number of nitrogens with two attached hydrogens (primary N) is 1.